The largest absolute Gasteiger partial charge is 0.313 e. The fourth-order valence-electron chi connectivity index (χ4n) is 4.01. The minimum atomic E-state index is 0.752. The van der Waals surface area contributed by atoms with Gasteiger partial charge in [0, 0.05) is 23.8 Å². The van der Waals surface area contributed by atoms with Crippen LogP contribution in [0.3, 0.4) is 0 Å². The van der Waals surface area contributed by atoms with Crippen LogP contribution in [-0.4, -0.2) is 17.6 Å². The maximum absolute atomic E-state index is 4.23. The second-order valence-electron chi connectivity index (χ2n) is 6.17. The monoisotopic (exact) mass is 252 g/mol. The molecule has 3 aliphatic rings. The Kier molecular flexibility index (Phi) is 2.77. The molecule has 1 saturated carbocycles. The van der Waals surface area contributed by atoms with Crippen LogP contribution >= 0.6 is 0 Å². The number of hydrogen-bond acceptors (Lipinski definition) is 2. The van der Waals surface area contributed by atoms with Gasteiger partial charge < -0.3 is 5.32 Å². The van der Waals surface area contributed by atoms with Crippen molar-refractivity contribution in [3.8, 4) is 0 Å². The molecule has 0 radical (unpaired) electrons. The predicted octanol–water partition coefficient (Wildman–Crippen LogP) is 3.17. The van der Waals surface area contributed by atoms with E-state index < -0.39 is 0 Å². The lowest BCUT2D eigenvalue weighted by atomic mass is 9.71. The Morgan fingerprint density at radius 1 is 1.21 bits per heavy atom. The number of piperidine rings is 2. The Labute approximate surface area is 114 Å². The van der Waals surface area contributed by atoms with Gasteiger partial charge in [0.1, 0.15) is 0 Å². The predicted molar refractivity (Wildman–Crippen MR) is 78.1 cm³/mol. The van der Waals surface area contributed by atoms with E-state index in [4.69, 9.17) is 0 Å². The van der Waals surface area contributed by atoms with Crippen LogP contribution < -0.4 is 5.32 Å². The molecule has 1 aromatic heterocycles. The number of nitrogens with zero attached hydrogens (tertiary/aromatic N) is 1. The zero-order chi connectivity index (χ0) is 12.7. The van der Waals surface area contributed by atoms with Crippen LogP contribution in [-0.2, 0) is 6.42 Å². The van der Waals surface area contributed by atoms with Crippen LogP contribution in [0.25, 0.3) is 10.8 Å². The van der Waals surface area contributed by atoms with Crippen LogP contribution in [0.2, 0.25) is 0 Å². The number of fused-ring (bicyclic) bond motifs is 4. The van der Waals surface area contributed by atoms with Crippen LogP contribution in [0.1, 0.15) is 24.8 Å². The summed E-state index contributed by atoms with van der Waals surface area (Å²) < 4.78 is 0. The zero-order valence-electron chi connectivity index (χ0n) is 11.2. The molecule has 2 aliphatic heterocycles. The molecule has 2 nitrogen and oxygen atoms in total. The highest BCUT2D eigenvalue weighted by atomic mass is 15.0. The third-order valence-corrected chi connectivity index (χ3v) is 5.01. The summed E-state index contributed by atoms with van der Waals surface area (Å²) in [6, 6.07) is 9.55. The van der Waals surface area contributed by atoms with E-state index in [9.17, 15) is 0 Å². The van der Waals surface area contributed by atoms with E-state index >= 15 is 0 Å². The first-order chi connectivity index (χ1) is 9.40. The summed E-state index contributed by atoms with van der Waals surface area (Å²) in [4.78, 5) is 4.23. The summed E-state index contributed by atoms with van der Waals surface area (Å²) in [5.74, 6) is 1.75. The zero-order valence-corrected chi connectivity index (χ0v) is 11.2. The minimum Gasteiger partial charge on any atom is -0.313 e. The summed E-state index contributed by atoms with van der Waals surface area (Å²) >= 11 is 0. The quantitative estimate of drug-likeness (QED) is 0.888. The summed E-state index contributed by atoms with van der Waals surface area (Å²) in [6.07, 6.45) is 9.34. The van der Waals surface area contributed by atoms with Gasteiger partial charge in [-0.05, 0) is 61.1 Å². The number of benzene rings is 1. The van der Waals surface area contributed by atoms with Crippen molar-refractivity contribution >= 4 is 10.8 Å². The van der Waals surface area contributed by atoms with E-state index in [2.05, 4.69) is 34.6 Å². The maximum atomic E-state index is 4.23. The molecule has 1 aliphatic carbocycles. The number of rotatable bonds is 2. The van der Waals surface area contributed by atoms with Gasteiger partial charge >= 0.3 is 0 Å². The van der Waals surface area contributed by atoms with E-state index in [-0.39, 0.29) is 0 Å². The molecule has 2 bridgehead atoms. The Morgan fingerprint density at radius 2 is 2.21 bits per heavy atom. The van der Waals surface area contributed by atoms with Gasteiger partial charge in [0.05, 0.1) is 0 Å². The number of aromatic nitrogens is 1. The van der Waals surface area contributed by atoms with Crippen LogP contribution in [0.4, 0.5) is 0 Å². The molecule has 5 rings (SSSR count). The summed E-state index contributed by atoms with van der Waals surface area (Å²) in [6.45, 7) is 1.25. The molecule has 3 fully saturated rings. The second-order valence-corrected chi connectivity index (χ2v) is 6.17. The molecule has 19 heavy (non-hydrogen) atoms. The lowest BCUT2D eigenvalue weighted by Crippen LogP contribution is -2.50. The Bertz CT molecular complexity index is 579. The molecule has 98 valence electrons. The van der Waals surface area contributed by atoms with Crippen molar-refractivity contribution in [1.82, 2.24) is 10.3 Å². The van der Waals surface area contributed by atoms with E-state index in [0.29, 0.717) is 0 Å². The van der Waals surface area contributed by atoms with Crippen molar-refractivity contribution in [2.45, 2.75) is 31.7 Å². The summed E-state index contributed by atoms with van der Waals surface area (Å²) in [7, 11) is 0. The van der Waals surface area contributed by atoms with E-state index in [0.717, 1.165) is 17.9 Å². The van der Waals surface area contributed by atoms with Crippen LogP contribution in [0, 0.1) is 11.8 Å². The molecule has 2 heteroatoms. The lowest BCUT2D eigenvalue weighted by Gasteiger charge is -2.43. The summed E-state index contributed by atoms with van der Waals surface area (Å²) in [5, 5.41) is 6.38. The van der Waals surface area contributed by atoms with Crippen LogP contribution in [0.5, 0.6) is 0 Å². The van der Waals surface area contributed by atoms with Gasteiger partial charge in [-0.2, -0.15) is 0 Å². The molecule has 2 saturated heterocycles. The van der Waals surface area contributed by atoms with Crippen molar-refractivity contribution < 1.29 is 0 Å². The molecule has 3 heterocycles. The van der Waals surface area contributed by atoms with Gasteiger partial charge in [-0.3, -0.25) is 4.98 Å². The van der Waals surface area contributed by atoms with E-state index in [1.165, 1.54) is 48.6 Å². The Balaban J connectivity index is 1.65. The highest BCUT2D eigenvalue weighted by Crippen LogP contribution is 2.36. The van der Waals surface area contributed by atoms with Crippen molar-refractivity contribution in [3.05, 3.63) is 42.2 Å². The molecule has 3 atom stereocenters. The van der Waals surface area contributed by atoms with Gasteiger partial charge in [-0.1, -0.05) is 18.2 Å². The second kappa shape index (κ2) is 4.61. The normalized spacial score (nSPS) is 29.8. The van der Waals surface area contributed by atoms with Gasteiger partial charge in [0.15, 0.2) is 0 Å². The molecule has 0 amide bonds. The maximum Gasteiger partial charge on any atom is 0.0346 e. The number of pyridine rings is 1. The first-order valence-electron chi connectivity index (χ1n) is 7.45. The molecular formula is C17H20N2. The molecule has 1 aromatic carbocycles. The molecule has 1 N–H and O–H groups in total. The van der Waals surface area contributed by atoms with Crippen molar-refractivity contribution in [2.75, 3.05) is 6.54 Å². The highest BCUT2D eigenvalue weighted by molar-refractivity contribution is 5.84. The smallest absolute Gasteiger partial charge is 0.0346 e. The van der Waals surface area contributed by atoms with Gasteiger partial charge in [-0.25, -0.2) is 0 Å². The number of nitrogens with one attached hydrogen (secondary N) is 1. The van der Waals surface area contributed by atoms with Gasteiger partial charge in [0.25, 0.3) is 0 Å². The Hall–Kier alpha value is -1.41. The molecule has 3 unspecified atom stereocenters. The van der Waals surface area contributed by atoms with Crippen molar-refractivity contribution in [2.24, 2.45) is 11.8 Å². The average molecular weight is 252 g/mol. The third-order valence-electron chi connectivity index (χ3n) is 5.01. The van der Waals surface area contributed by atoms with Gasteiger partial charge in [0.2, 0.25) is 0 Å². The fourth-order valence-corrected chi connectivity index (χ4v) is 4.01. The molecule has 2 aromatic rings. The number of hydrogen-bond donors (Lipinski definition) is 1. The van der Waals surface area contributed by atoms with Crippen molar-refractivity contribution in [1.29, 1.82) is 0 Å². The Morgan fingerprint density at radius 3 is 3.00 bits per heavy atom. The van der Waals surface area contributed by atoms with Gasteiger partial charge in [-0.15, -0.1) is 0 Å². The standard InChI is InChI=1S/C17H20N2/c1-2-13(16-6-7-18-11-14(16)3-1)9-15-8-12-4-5-17(15)19-10-12/h1-3,6-7,11-12,15,17,19H,4-5,8-10H2. The molecular weight excluding hydrogens is 232 g/mol. The van der Waals surface area contributed by atoms with E-state index in [1.807, 2.05) is 12.4 Å². The third kappa shape index (κ3) is 2.04. The summed E-state index contributed by atoms with van der Waals surface area (Å²) in [5.41, 5.74) is 1.50. The van der Waals surface area contributed by atoms with Crippen molar-refractivity contribution in [3.63, 3.8) is 0 Å². The van der Waals surface area contributed by atoms with Crippen LogP contribution in [0.15, 0.2) is 36.7 Å². The first kappa shape index (κ1) is 11.4. The fraction of sp³-hybridized carbons (Fsp3) is 0.471. The highest BCUT2D eigenvalue weighted by Gasteiger charge is 2.35. The first-order valence-corrected chi connectivity index (χ1v) is 7.45. The minimum absolute atomic E-state index is 0.752. The molecule has 0 spiro atoms. The average Bonchev–Trinajstić information content (AvgIpc) is 2.49. The lowest BCUT2D eigenvalue weighted by molar-refractivity contribution is 0.138. The van der Waals surface area contributed by atoms with E-state index in [1.54, 1.807) is 0 Å². The SMILES string of the molecule is c1cc(CC2CC3CCC2NC3)c2ccncc2c1. The topological polar surface area (TPSA) is 24.9 Å².